The molecule has 2 aromatic rings. The van der Waals surface area contributed by atoms with Gasteiger partial charge < -0.3 is 10.2 Å². The minimum absolute atomic E-state index is 0.0920. The van der Waals surface area contributed by atoms with Crippen molar-refractivity contribution < 1.29 is 9.59 Å². The Morgan fingerprint density at radius 2 is 1.72 bits per heavy atom. The number of carbonyl (C=O) groups excluding carboxylic acids is 2. The molecule has 0 saturated carbocycles. The van der Waals surface area contributed by atoms with Gasteiger partial charge in [-0.1, -0.05) is 12.8 Å². The molecule has 0 aromatic carbocycles. The van der Waals surface area contributed by atoms with E-state index in [-0.39, 0.29) is 11.8 Å². The van der Waals surface area contributed by atoms with Crippen LogP contribution in [0.2, 0.25) is 0 Å². The predicted molar refractivity (Wildman–Crippen MR) is 94.0 cm³/mol. The van der Waals surface area contributed by atoms with Crippen molar-refractivity contribution in [1.29, 1.82) is 0 Å². The molecule has 3 rings (SSSR count). The fraction of sp³-hybridized carbons (Fsp3) is 0.368. The predicted octanol–water partition coefficient (Wildman–Crippen LogP) is 2.42. The Bertz CT molecular complexity index is 725. The van der Waals surface area contributed by atoms with E-state index in [0.717, 1.165) is 44.3 Å². The van der Waals surface area contributed by atoms with Crippen LogP contribution in [-0.4, -0.2) is 39.8 Å². The number of aromatic nitrogens is 2. The van der Waals surface area contributed by atoms with Gasteiger partial charge in [0.2, 0.25) is 0 Å². The molecule has 6 nitrogen and oxygen atoms in total. The molecule has 2 amide bonds. The van der Waals surface area contributed by atoms with Crippen molar-refractivity contribution in [3.05, 3.63) is 59.7 Å². The third-order valence-corrected chi connectivity index (χ3v) is 4.34. The van der Waals surface area contributed by atoms with E-state index in [4.69, 9.17) is 0 Å². The number of rotatable bonds is 4. The summed E-state index contributed by atoms with van der Waals surface area (Å²) in [5.41, 5.74) is 1.75. The highest BCUT2D eigenvalue weighted by molar-refractivity contribution is 5.98. The zero-order valence-electron chi connectivity index (χ0n) is 14.1. The van der Waals surface area contributed by atoms with Gasteiger partial charge in [0.1, 0.15) is 5.69 Å². The van der Waals surface area contributed by atoms with Crippen LogP contribution in [0, 0.1) is 0 Å². The van der Waals surface area contributed by atoms with Gasteiger partial charge in [-0.3, -0.25) is 19.6 Å². The molecular formula is C19H22N4O2. The summed E-state index contributed by atoms with van der Waals surface area (Å²) >= 11 is 0. The lowest BCUT2D eigenvalue weighted by atomic mass is 10.2. The molecule has 1 fully saturated rings. The SMILES string of the molecule is O=C(NCc1ccncc1)c1ccnc(C(=O)N2CCCCCC2)c1. The van der Waals surface area contributed by atoms with Crippen molar-refractivity contribution in [3.8, 4) is 0 Å². The first-order valence-corrected chi connectivity index (χ1v) is 8.66. The first-order valence-electron chi connectivity index (χ1n) is 8.66. The van der Waals surface area contributed by atoms with Crippen molar-refractivity contribution in [2.45, 2.75) is 32.2 Å². The Hall–Kier alpha value is -2.76. The van der Waals surface area contributed by atoms with Crippen molar-refractivity contribution in [2.75, 3.05) is 13.1 Å². The molecule has 0 spiro atoms. The molecule has 0 atom stereocenters. The van der Waals surface area contributed by atoms with E-state index in [1.165, 1.54) is 6.20 Å². The average Bonchev–Trinajstić information content (AvgIpc) is 2.96. The van der Waals surface area contributed by atoms with Crippen LogP contribution in [0.15, 0.2) is 42.9 Å². The summed E-state index contributed by atoms with van der Waals surface area (Å²) in [7, 11) is 0. The number of carbonyl (C=O) groups is 2. The molecule has 25 heavy (non-hydrogen) atoms. The Morgan fingerprint density at radius 1 is 1.00 bits per heavy atom. The number of hydrogen-bond acceptors (Lipinski definition) is 4. The molecule has 1 saturated heterocycles. The van der Waals surface area contributed by atoms with E-state index < -0.39 is 0 Å². The number of pyridine rings is 2. The van der Waals surface area contributed by atoms with Crippen LogP contribution < -0.4 is 5.32 Å². The minimum Gasteiger partial charge on any atom is -0.348 e. The maximum Gasteiger partial charge on any atom is 0.272 e. The fourth-order valence-corrected chi connectivity index (χ4v) is 2.91. The third-order valence-electron chi connectivity index (χ3n) is 4.34. The van der Waals surface area contributed by atoms with Crippen LogP contribution in [0.5, 0.6) is 0 Å². The van der Waals surface area contributed by atoms with E-state index >= 15 is 0 Å². The van der Waals surface area contributed by atoms with Crippen molar-refractivity contribution >= 4 is 11.8 Å². The molecular weight excluding hydrogens is 316 g/mol. The van der Waals surface area contributed by atoms with Gasteiger partial charge in [-0.05, 0) is 42.7 Å². The summed E-state index contributed by atoms with van der Waals surface area (Å²) in [6.07, 6.45) is 9.27. The van der Waals surface area contributed by atoms with Gasteiger partial charge in [-0.15, -0.1) is 0 Å². The molecule has 1 aliphatic heterocycles. The number of amides is 2. The topological polar surface area (TPSA) is 75.2 Å². The summed E-state index contributed by atoms with van der Waals surface area (Å²) in [5, 5.41) is 2.85. The zero-order valence-corrected chi connectivity index (χ0v) is 14.1. The van der Waals surface area contributed by atoms with E-state index in [2.05, 4.69) is 15.3 Å². The summed E-state index contributed by atoms with van der Waals surface area (Å²) in [6.45, 7) is 1.94. The normalized spacial score (nSPS) is 14.6. The second kappa shape index (κ2) is 8.37. The zero-order chi connectivity index (χ0) is 17.5. The first kappa shape index (κ1) is 17.1. The van der Waals surface area contributed by atoms with Crippen LogP contribution >= 0.6 is 0 Å². The Balaban J connectivity index is 1.65. The van der Waals surface area contributed by atoms with Gasteiger partial charge in [-0.2, -0.15) is 0 Å². The minimum atomic E-state index is -0.218. The number of likely N-dealkylation sites (tertiary alicyclic amines) is 1. The highest BCUT2D eigenvalue weighted by atomic mass is 16.2. The van der Waals surface area contributed by atoms with Gasteiger partial charge in [0.05, 0.1) is 0 Å². The van der Waals surface area contributed by atoms with Crippen LogP contribution in [0.3, 0.4) is 0 Å². The van der Waals surface area contributed by atoms with Gasteiger partial charge >= 0.3 is 0 Å². The molecule has 6 heteroatoms. The second-order valence-electron chi connectivity index (χ2n) is 6.17. The third kappa shape index (κ3) is 4.62. The summed E-state index contributed by atoms with van der Waals surface area (Å²) < 4.78 is 0. The smallest absolute Gasteiger partial charge is 0.272 e. The Morgan fingerprint density at radius 3 is 2.44 bits per heavy atom. The van der Waals surface area contributed by atoms with Crippen LogP contribution in [0.1, 0.15) is 52.1 Å². The Labute approximate surface area is 147 Å². The number of nitrogens with one attached hydrogen (secondary N) is 1. The molecule has 1 aliphatic rings. The van der Waals surface area contributed by atoms with Gasteiger partial charge in [0, 0.05) is 43.8 Å². The average molecular weight is 338 g/mol. The highest BCUT2D eigenvalue weighted by Gasteiger charge is 2.19. The van der Waals surface area contributed by atoms with E-state index in [0.29, 0.717) is 17.8 Å². The van der Waals surface area contributed by atoms with E-state index in [1.807, 2.05) is 17.0 Å². The van der Waals surface area contributed by atoms with Crippen molar-refractivity contribution in [2.24, 2.45) is 0 Å². The number of nitrogens with zero attached hydrogens (tertiary/aromatic N) is 3. The lowest BCUT2D eigenvalue weighted by Gasteiger charge is -2.19. The monoisotopic (exact) mass is 338 g/mol. The van der Waals surface area contributed by atoms with Crippen molar-refractivity contribution in [3.63, 3.8) is 0 Å². The Kier molecular flexibility index (Phi) is 5.72. The summed E-state index contributed by atoms with van der Waals surface area (Å²) in [6, 6.07) is 6.90. The van der Waals surface area contributed by atoms with Crippen LogP contribution in [0.4, 0.5) is 0 Å². The van der Waals surface area contributed by atoms with Gasteiger partial charge in [-0.25, -0.2) is 0 Å². The van der Waals surface area contributed by atoms with Gasteiger partial charge in [0.25, 0.3) is 11.8 Å². The molecule has 0 radical (unpaired) electrons. The molecule has 0 aliphatic carbocycles. The molecule has 0 unspecified atom stereocenters. The quantitative estimate of drug-likeness (QED) is 0.929. The summed E-state index contributed by atoms with van der Waals surface area (Å²) in [5.74, 6) is -0.310. The molecule has 1 N–H and O–H groups in total. The second-order valence-corrected chi connectivity index (χ2v) is 6.17. The van der Waals surface area contributed by atoms with E-state index in [1.54, 1.807) is 24.5 Å². The van der Waals surface area contributed by atoms with Crippen LogP contribution in [0.25, 0.3) is 0 Å². The maximum atomic E-state index is 12.6. The van der Waals surface area contributed by atoms with Crippen LogP contribution in [-0.2, 0) is 6.54 Å². The first-order chi connectivity index (χ1) is 12.2. The molecule has 2 aromatic heterocycles. The largest absolute Gasteiger partial charge is 0.348 e. The lowest BCUT2D eigenvalue weighted by molar-refractivity contribution is 0.0755. The molecule has 0 bridgehead atoms. The van der Waals surface area contributed by atoms with Crippen molar-refractivity contribution in [1.82, 2.24) is 20.2 Å². The maximum absolute atomic E-state index is 12.6. The molecule has 130 valence electrons. The summed E-state index contributed by atoms with van der Waals surface area (Å²) in [4.78, 5) is 34.9. The van der Waals surface area contributed by atoms with E-state index in [9.17, 15) is 9.59 Å². The standard InChI is InChI=1S/C19H22N4O2/c24-18(22-14-15-5-8-20-9-6-15)16-7-10-21-17(13-16)19(25)23-11-3-1-2-4-12-23/h5-10,13H,1-4,11-12,14H2,(H,22,24). The highest BCUT2D eigenvalue weighted by Crippen LogP contribution is 2.13. The number of hydrogen-bond donors (Lipinski definition) is 1. The fourth-order valence-electron chi connectivity index (χ4n) is 2.91. The lowest BCUT2D eigenvalue weighted by Crippen LogP contribution is -2.32. The van der Waals surface area contributed by atoms with Gasteiger partial charge in [0.15, 0.2) is 0 Å². The molecule has 3 heterocycles.